The SMILES string of the molecule is CCc1ccc(-c2nc(S[C@@H](C)C(=O)Nc3ccc4c(c3)OCCO4)n[nH]2)cc1. The Kier molecular flexibility index (Phi) is 5.71. The number of carbonyl (C=O) groups is 1. The molecule has 0 spiro atoms. The number of carbonyl (C=O) groups excluding carboxylic acids is 1. The fourth-order valence-electron chi connectivity index (χ4n) is 2.90. The van der Waals surface area contributed by atoms with Crippen LogP contribution in [0.25, 0.3) is 11.4 Å². The van der Waals surface area contributed by atoms with Crippen molar-refractivity contribution in [1.29, 1.82) is 0 Å². The van der Waals surface area contributed by atoms with E-state index in [-0.39, 0.29) is 11.2 Å². The first kappa shape index (κ1) is 19.3. The molecule has 0 fully saturated rings. The molecule has 0 bridgehead atoms. The van der Waals surface area contributed by atoms with Crippen molar-refractivity contribution in [2.75, 3.05) is 18.5 Å². The third-order valence-corrected chi connectivity index (χ3v) is 5.52. The summed E-state index contributed by atoms with van der Waals surface area (Å²) in [4.78, 5) is 17.1. The number of anilines is 1. The maximum absolute atomic E-state index is 12.6. The summed E-state index contributed by atoms with van der Waals surface area (Å²) in [6.45, 7) is 4.98. The molecule has 1 aromatic heterocycles. The summed E-state index contributed by atoms with van der Waals surface area (Å²) in [5.41, 5.74) is 2.90. The number of hydrogen-bond acceptors (Lipinski definition) is 6. The summed E-state index contributed by atoms with van der Waals surface area (Å²) >= 11 is 1.30. The third kappa shape index (κ3) is 4.54. The lowest BCUT2D eigenvalue weighted by molar-refractivity contribution is -0.115. The lowest BCUT2D eigenvalue weighted by Crippen LogP contribution is -2.23. The van der Waals surface area contributed by atoms with Gasteiger partial charge in [0.25, 0.3) is 0 Å². The van der Waals surface area contributed by atoms with Crippen LogP contribution in [0.5, 0.6) is 11.5 Å². The fraction of sp³-hybridized carbons (Fsp3) is 0.286. The Bertz CT molecular complexity index is 1000. The van der Waals surface area contributed by atoms with Crippen LogP contribution >= 0.6 is 11.8 Å². The summed E-state index contributed by atoms with van der Waals surface area (Å²) in [7, 11) is 0. The highest BCUT2D eigenvalue weighted by atomic mass is 32.2. The van der Waals surface area contributed by atoms with E-state index in [9.17, 15) is 4.79 Å². The summed E-state index contributed by atoms with van der Waals surface area (Å²) in [6, 6.07) is 13.6. The van der Waals surface area contributed by atoms with Crippen molar-refractivity contribution < 1.29 is 14.3 Å². The Morgan fingerprint density at radius 2 is 1.93 bits per heavy atom. The van der Waals surface area contributed by atoms with E-state index in [2.05, 4.69) is 39.6 Å². The third-order valence-electron chi connectivity index (χ3n) is 4.56. The number of fused-ring (bicyclic) bond motifs is 1. The zero-order valence-electron chi connectivity index (χ0n) is 16.3. The molecule has 0 saturated carbocycles. The van der Waals surface area contributed by atoms with Crippen LogP contribution in [0.4, 0.5) is 5.69 Å². The number of aryl methyl sites for hydroxylation is 1. The molecular weight excluding hydrogens is 388 g/mol. The van der Waals surface area contributed by atoms with Crippen LogP contribution in [0, 0.1) is 0 Å². The minimum Gasteiger partial charge on any atom is -0.486 e. The van der Waals surface area contributed by atoms with Crippen molar-refractivity contribution in [3.8, 4) is 22.9 Å². The van der Waals surface area contributed by atoms with Crippen molar-refractivity contribution in [3.05, 3.63) is 48.0 Å². The molecule has 1 amide bonds. The number of amides is 1. The highest BCUT2D eigenvalue weighted by Crippen LogP contribution is 2.33. The van der Waals surface area contributed by atoms with Crippen LogP contribution in [0.15, 0.2) is 47.6 Å². The summed E-state index contributed by atoms with van der Waals surface area (Å²) in [5, 5.41) is 10.2. The molecular formula is C21H22N4O3S. The number of H-pyrrole nitrogens is 1. The van der Waals surface area contributed by atoms with Crippen molar-refractivity contribution in [2.24, 2.45) is 0 Å². The Hall–Kier alpha value is -3.00. The topological polar surface area (TPSA) is 89.1 Å². The predicted octanol–water partition coefficient (Wildman–Crippen LogP) is 3.92. The number of rotatable bonds is 6. The van der Waals surface area contributed by atoms with Crippen molar-refractivity contribution >= 4 is 23.4 Å². The Morgan fingerprint density at radius 3 is 2.69 bits per heavy atom. The van der Waals surface area contributed by atoms with E-state index in [0.717, 1.165) is 12.0 Å². The molecule has 0 radical (unpaired) electrons. The number of benzene rings is 2. The first-order chi connectivity index (χ1) is 14.1. The molecule has 150 valence electrons. The number of aromatic amines is 1. The number of hydrogen-bond donors (Lipinski definition) is 2. The molecule has 8 heteroatoms. The van der Waals surface area contributed by atoms with Gasteiger partial charge in [0, 0.05) is 17.3 Å². The quantitative estimate of drug-likeness (QED) is 0.599. The highest BCUT2D eigenvalue weighted by molar-refractivity contribution is 8.00. The maximum Gasteiger partial charge on any atom is 0.237 e. The lowest BCUT2D eigenvalue weighted by atomic mass is 10.1. The molecule has 2 heterocycles. The van der Waals surface area contributed by atoms with E-state index in [1.807, 2.05) is 19.1 Å². The van der Waals surface area contributed by atoms with Crippen LogP contribution < -0.4 is 14.8 Å². The van der Waals surface area contributed by atoms with Gasteiger partial charge in [0.15, 0.2) is 17.3 Å². The van der Waals surface area contributed by atoms with Gasteiger partial charge in [0.2, 0.25) is 11.1 Å². The van der Waals surface area contributed by atoms with Crippen LogP contribution in [-0.4, -0.2) is 39.6 Å². The van der Waals surface area contributed by atoms with Crippen LogP contribution in [0.1, 0.15) is 19.4 Å². The minimum atomic E-state index is -0.366. The molecule has 7 nitrogen and oxygen atoms in total. The number of ether oxygens (including phenoxy) is 2. The Labute approximate surface area is 173 Å². The van der Waals surface area contributed by atoms with Gasteiger partial charge in [0.1, 0.15) is 13.2 Å². The number of nitrogens with zero attached hydrogens (tertiary/aromatic N) is 2. The van der Waals surface area contributed by atoms with E-state index in [4.69, 9.17) is 9.47 Å². The van der Waals surface area contributed by atoms with Gasteiger partial charge in [-0.1, -0.05) is 43.0 Å². The normalized spacial score (nSPS) is 13.7. The second-order valence-corrected chi connectivity index (χ2v) is 7.93. The zero-order valence-corrected chi connectivity index (χ0v) is 17.1. The van der Waals surface area contributed by atoms with E-state index < -0.39 is 0 Å². The maximum atomic E-state index is 12.6. The van der Waals surface area contributed by atoms with Crippen molar-refractivity contribution in [2.45, 2.75) is 30.7 Å². The minimum absolute atomic E-state index is 0.134. The van der Waals surface area contributed by atoms with E-state index >= 15 is 0 Å². The monoisotopic (exact) mass is 410 g/mol. The Morgan fingerprint density at radius 1 is 1.17 bits per heavy atom. The second-order valence-electron chi connectivity index (χ2n) is 6.62. The summed E-state index contributed by atoms with van der Waals surface area (Å²) in [5.74, 6) is 1.89. The van der Waals surface area contributed by atoms with Gasteiger partial charge in [0.05, 0.1) is 5.25 Å². The van der Waals surface area contributed by atoms with Crippen molar-refractivity contribution in [3.63, 3.8) is 0 Å². The molecule has 1 aliphatic rings. The molecule has 2 aromatic carbocycles. The number of thioether (sulfide) groups is 1. The molecule has 1 atom stereocenters. The molecule has 0 saturated heterocycles. The van der Waals surface area contributed by atoms with E-state index in [1.54, 1.807) is 18.2 Å². The molecule has 4 rings (SSSR count). The molecule has 3 aromatic rings. The first-order valence-corrected chi connectivity index (χ1v) is 10.4. The van der Waals surface area contributed by atoms with Gasteiger partial charge in [-0.3, -0.25) is 9.89 Å². The van der Waals surface area contributed by atoms with E-state index in [0.29, 0.717) is 41.4 Å². The van der Waals surface area contributed by atoms with Crippen LogP contribution in [0.2, 0.25) is 0 Å². The van der Waals surface area contributed by atoms with Gasteiger partial charge < -0.3 is 14.8 Å². The van der Waals surface area contributed by atoms with E-state index in [1.165, 1.54) is 17.3 Å². The lowest BCUT2D eigenvalue weighted by Gasteiger charge is -2.19. The van der Waals surface area contributed by atoms with Crippen molar-refractivity contribution in [1.82, 2.24) is 15.2 Å². The van der Waals surface area contributed by atoms with Gasteiger partial charge in [-0.15, -0.1) is 5.10 Å². The summed E-state index contributed by atoms with van der Waals surface area (Å²) in [6.07, 6.45) is 0.994. The predicted molar refractivity (Wildman–Crippen MR) is 113 cm³/mol. The average Bonchev–Trinajstić information content (AvgIpc) is 3.22. The number of nitrogens with one attached hydrogen (secondary N) is 2. The second kappa shape index (κ2) is 8.57. The Balaban J connectivity index is 1.38. The summed E-state index contributed by atoms with van der Waals surface area (Å²) < 4.78 is 11.1. The fourth-order valence-corrected chi connectivity index (χ4v) is 3.63. The number of aromatic nitrogens is 3. The van der Waals surface area contributed by atoms with Crippen LogP contribution in [0.3, 0.4) is 0 Å². The molecule has 2 N–H and O–H groups in total. The standard InChI is InChI=1S/C21H22N4O3S/c1-3-14-4-6-15(7-5-14)19-23-21(25-24-19)29-13(2)20(26)22-16-8-9-17-18(12-16)28-11-10-27-17/h4-9,12-13H,3,10-11H2,1-2H3,(H,22,26)(H,23,24,25)/t13-/m0/s1. The van der Waals surface area contributed by atoms with Gasteiger partial charge >= 0.3 is 0 Å². The smallest absolute Gasteiger partial charge is 0.237 e. The van der Waals surface area contributed by atoms with Gasteiger partial charge in [-0.05, 0) is 31.0 Å². The largest absolute Gasteiger partial charge is 0.486 e. The molecule has 0 aliphatic carbocycles. The molecule has 1 aliphatic heterocycles. The molecule has 0 unspecified atom stereocenters. The molecule has 29 heavy (non-hydrogen) atoms. The average molecular weight is 410 g/mol. The van der Waals surface area contributed by atoms with Gasteiger partial charge in [-0.2, -0.15) is 0 Å². The van der Waals surface area contributed by atoms with Crippen LogP contribution in [-0.2, 0) is 11.2 Å². The zero-order chi connectivity index (χ0) is 20.2. The first-order valence-electron chi connectivity index (χ1n) is 9.51. The highest BCUT2D eigenvalue weighted by Gasteiger charge is 2.19. The van der Waals surface area contributed by atoms with Gasteiger partial charge in [-0.25, -0.2) is 4.98 Å².